The number of amides is 3. The Kier molecular flexibility index (Phi) is 9.73. The zero-order valence-corrected chi connectivity index (χ0v) is 21.9. The lowest BCUT2D eigenvalue weighted by molar-refractivity contribution is -0.143. The van der Waals surface area contributed by atoms with Crippen LogP contribution in [-0.2, 0) is 27.2 Å². The Labute approximate surface area is 223 Å². The molecule has 0 unspecified atom stereocenters. The van der Waals surface area contributed by atoms with Crippen molar-refractivity contribution >= 4 is 17.7 Å². The number of aryl methyl sites for hydroxylation is 1. The van der Waals surface area contributed by atoms with E-state index in [1.54, 1.807) is 0 Å². The molecule has 3 atom stereocenters. The number of ether oxygens (including phenoxy) is 1. The van der Waals surface area contributed by atoms with Crippen LogP contribution >= 0.6 is 0 Å². The highest BCUT2D eigenvalue weighted by atomic mass is 16.5. The summed E-state index contributed by atoms with van der Waals surface area (Å²) < 4.78 is 6.03. The molecule has 1 heterocycles. The van der Waals surface area contributed by atoms with Gasteiger partial charge in [0, 0.05) is 26.6 Å². The number of fused-ring (bicyclic) bond motifs is 1. The summed E-state index contributed by atoms with van der Waals surface area (Å²) in [6.45, 7) is 0.741. The van der Waals surface area contributed by atoms with Crippen LogP contribution in [0.4, 0.5) is 0 Å². The van der Waals surface area contributed by atoms with Crippen LogP contribution in [-0.4, -0.2) is 79.2 Å². The molecule has 1 fully saturated rings. The average Bonchev–Trinajstić information content (AvgIpc) is 3.77. The highest BCUT2D eigenvalue weighted by Crippen LogP contribution is 2.33. The third-order valence-electron chi connectivity index (χ3n) is 7.18. The number of carbonyl (C=O) groups is 3. The van der Waals surface area contributed by atoms with Gasteiger partial charge in [0.05, 0.1) is 12.6 Å². The van der Waals surface area contributed by atoms with Gasteiger partial charge in [-0.1, -0.05) is 48.5 Å². The summed E-state index contributed by atoms with van der Waals surface area (Å²) in [5, 5.41) is 19.1. The zero-order valence-electron chi connectivity index (χ0n) is 21.9. The topological polar surface area (TPSA) is 120 Å². The summed E-state index contributed by atoms with van der Waals surface area (Å²) in [5.41, 5.74) is 1.95. The lowest BCUT2D eigenvalue weighted by Crippen LogP contribution is -2.58. The van der Waals surface area contributed by atoms with Crippen LogP contribution in [0, 0.1) is 5.92 Å². The normalized spacial score (nSPS) is 24.3. The predicted molar refractivity (Wildman–Crippen MR) is 144 cm³/mol. The monoisotopic (exact) mass is 522 g/mol. The van der Waals surface area contributed by atoms with Gasteiger partial charge in [0.2, 0.25) is 17.7 Å². The second kappa shape index (κ2) is 13.4. The molecule has 0 bridgehead atoms. The lowest BCUT2D eigenvalue weighted by Gasteiger charge is -2.31. The minimum absolute atomic E-state index is 0.182. The van der Waals surface area contributed by atoms with Crippen molar-refractivity contribution in [1.82, 2.24) is 20.9 Å². The maximum Gasteiger partial charge on any atom is 0.245 e. The van der Waals surface area contributed by atoms with Gasteiger partial charge >= 0.3 is 0 Å². The van der Waals surface area contributed by atoms with E-state index in [0.717, 1.165) is 36.1 Å². The molecular formula is C29H38N4O5. The van der Waals surface area contributed by atoms with Gasteiger partial charge in [0.15, 0.2) is 0 Å². The van der Waals surface area contributed by atoms with Crippen LogP contribution in [0.5, 0.6) is 5.75 Å². The van der Waals surface area contributed by atoms with Crippen molar-refractivity contribution in [1.29, 1.82) is 0 Å². The molecule has 0 aromatic heterocycles. The molecule has 4 rings (SSSR count). The molecule has 2 aliphatic rings. The lowest BCUT2D eigenvalue weighted by atomic mass is 10.0. The zero-order chi connectivity index (χ0) is 26.9. The van der Waals surface area contributed by atoms with E-state index in [9.17, 15) is 19.5 Å². The molecule has 38 heavy (non-hydrogen) atoms. The van der Waals surface area contributed by atoms with Gasteiger partial charge < -0.3 is 30.7 Å². The number of aliphatic hydroxyl groups excluding tert-OH is 1. The summed E-state index contributed by atoms with van der Waals surface area (Å²) in [6, 6.07) is 14.8. The average molecular weight is 523 g/mol. The molecule has 2 aromatic carbocycles. The third kappa shape index (κ3) is 7.33. The van der Waals surface area contributed by atoms with Crippen molar-refractivity contribution in [2.24, 2.45) is 5.92 Å². The molecule has 2 aromatic rings. The number of carbonyl (C=O) groups excluding carboxylic acids is 3. The molecule has 9 heteroatoms. The molecule has 1 saturated carbocycles. The Morgan fingerprint density at radius 1 is 0.974 bits per heavy atom. The molecule has 0 spiro atoms. The highest BCUT2D eigenvalue weighted by Gasteiger charge is 2.40. The number of aliphatic hydroxyl groups is 1. The van der Waals surface area contributed by atoms with Gasteiger partial charge in [-0.3, -0.25) is 14.4 Å². The molecule has 4 N–H and O–H groups in total. The number of para-hydroxylation sites is 1. The third-order valence-corrected chi connectivity index (χ3v) is 7.18. The van der Waals surface area contributed by atoms with E-state index in [2.05, 4.69) is 16.0 Å². The SMILES string of the molecule is CN1C(=O)[C@H](C2CC2)NCCOc2ccccc2CCCNC(=O)[C@@H](Cc2ccccc2)NC(=O)[C@@H]1CO. The fourth-order valence-electron chi connectivity index (χ4n) is 4.81. The van der Waals surface area contributed by atoms with Gasteiger partial charge in [-0.2, -0.15) is 0 Å². The molecule has 1 aliphatic heterocycles. The molecule has 204 valence electrons. The van der Waals surface area contributed by atoms with Crippen LogP contribution in [0.1, 0.15) is 30.4 Å². The standard InChI is InChI=1S/C29H38N4O5/c1-33-24(19-34)28(36)32-23(18-20-8-3-2-4-9-20)27(35)31-15-7-11-21-10-5-6-12-25(21)38-17-16-30-26(29(33)37)22-13-14-22/h2-6,8-10,12,22-24,26,30,34H,7,11,13-19H2,1H3,(H,31,35)(H,32,36)/t23-,24+,26+/m1/s1. The Balaban J connectivity index is 1.56. The van der Waals surface area contributed by atoms with Crippen molar-refractivity contribution in [3.05, 3.63) is 65.7 Å². The number of hydrogen-bond acceptors (Lipinski definition) is 6. The fraction of sp³-hybridized carbons (Fsp3) is 0.483. The Hall–Kier alpha value is -3.43. The fourth-order valence-corrected chi connectivity index (χ4v) is 4.81. The first-order chi connectivity index (χ1) is 18.5. The van der Waals surface area contributed by atoms with E-state index in [1.807, 2.05) is 54.6 Å². The molecule has 1 aliphatic carbocycles. The molecule has 0 radical (unpaired) electrons. The summed E-state index contributed by atoms with van der Waals surface area (Å²) in [7, 11) is 1.53. The number of hydrogen-bond donors (Lipinski definition) is 4. The van der Waals surface area contributed by atoms with Crippen molar-refractivity contribution < 1.29 is 24.2 Å². The number of rotatable bonds is 4. The van der Waals surface area contributed by atoms with Crippen LogP contribution in [0.2, 0.25) is 0 Å². The van der Waals surface area contributed by atoms with Crippen LogP contribution in [0.3, 0.4) is 0 Å². The Morgan fingerprint density at radius 3 is 2.45 bits per heavy atom. The summed E-state index contributed by atoms with van der Waals surface area (Å²) in [5.74, 6) is -0.153. The van der Waals surface area contributed by atoms with Crippen LogP contribution < -0.4 is 20.7 Å². The number of nitrogens with zero attached hydrogens (tertiary/aromatic N) is 1. The van der Waals surface area contributed by atoms with Gasteiger partial charge in [-0.15, -0.1) is 0 Å². The van der Waals surface area contributed by atoms with Crippen molar-refractivity contribution in [3.63, 3.8) is 0 Å². The maximum absolute atomic E-state index is 13.4. The van der Waals surface area contributed by atoms with Gasteiger partial charge in [-0.25, -0.2) is 0 Å². The van der Waals surface area contributed by atoms with E-state index in [4.69, 9.17) is 4.74 Å². The number of nitrogens with one attached hydrogen (secondary N) is 3. The van der Waals surface area contributed by atoms with Gasteiger partial charge in [-0.05, 0) is 48.8 Å². The summed E-state index contributed by atoms with van der Waals surface area (Å²) in [4.78, 5) is 41.2. The number of likely N-dealkylation sites (N-methyl/N-ethyl adjacent to an activating group) is 1. The quantitative estimate of drug-likeness (QED) is 0.477. The first-order valence-corrected chi connectivity index (χ1v) is 13.4. The summed E-state index contributed by atoms with van der Waals surface area (Å²) >= 11 is 0. The second-order valence-electron chi connectivity index (χ2n) is 10.0. The van der Waals surface area contributed by atoms with Gasteiger partial charge in [0.1, 0.15) is 24.4 Å². The van der Waals surface area contributed by atoms with E-state index in [0.29, 0.717) is 26.1 Å². The molecule has 3 amide bonds. The van der Waals surface area contributed by atoms with Gasteiger partial charge in [0.25, 0.3) is 0 Å². The van der Waals surface area contributed by atoms with Crippen LogP contribution in [0.15, 0.2) is 54.6 Å². The molecule has 0 saturated heterocycles. The van der Waals surface area contributed by atoms with Crippen LogP contribution in [0.25, 0.3) is 0 Å². The number of benzene rings is 2. The smallest absolute Gasteiger partial charge is 0.245 e. The minimum Gasteiger partial charge on any atom is -0.492 e. The van der Waals surface area contributed by atoms with Crippen molar-refractivity contribution in [2.75, 3.05) is 33.4 Å². The van der Waals surface area contributed by atoms with E-state index >= 15 is 0 Å². The summed E-state index contributed by atoms with van der Waals surface area (Å²) in [6.07, 6.45) is 3.57. The van der Waals surface area contributed by atoms with E-state index < -0.39 is 30.6 Å². The predicted octanol–water partition coefficient (Wildman–Crippen LogP) is 1.04. The van der Waals surface area contributed by atoms with E-state index in [1.165, 1.54) is 11.9 Å². The largest absolute Gasteiger partial charge is 0.492 e. The van der Waals surface area contributed by atoms with Crippen molar-refractivity contribution in [3.8, 4) is 5.75 Å². The Bertz CT molecular complexity index is 1090. The molecular weight excluding hydrogens is 484 g/mol. The van der Waals surface area contributed by atoms with E-state index in [-0.39, 0.29) is 24.2 Å². The maximum atomic E-state index is 13.4. The second-order valence-corrected chi connectivity index (χ2v) is 10.0. The van der Waals surface area contributed by atoms with Crippen molar-refractivity contribution in [2.45, 2.75) is 50.2 Å². The Morgan fingerprint density at radius 2 is 1.71 bits per heavy atom. The first kappa shape index (κ1) is 27.6. The first-order valence-electron chi connectivity index (χ1n) is 13.4. The minimum atomic E-state index is -1.11. The highest BCUT2D eigenvalue weighted by molar-refractivity contribution is 5.93. The molecule has 9 nitrogen and oxygen atoms in total.